The summed E-state index contributed by atoms with van der Waals surface area (Å²) in [6.45, 7) is 0. The lowest BCUT2D eigenvalue weighted by Crippen LogP contribution is -2.00. The molecule has 0 unspecified atom stereocenters. The zero-order valence-corrected chi connectivity index (χ0v) is 6.05. The third-order valence-corrected chi connectivity index (χ3v) is 3.27. The Kier molecular flexibility index (Phi) is 1.94. The van der Waals surface area contributed by atoms with Crippen LogP contribution in [0.5, 0.6) is 0 Å². The van der Waals surface area contributed by atoms with Crippen molar-refractivity contribution in [1.29, 1.82) is 0 Å². The van der Waals surface area contributed by atoms with Crippen LogP contribution in [0.15, 0.2) is 0 Å². The molecule has 1 aliphatic carbocycles. The molecule has 1 aliphatic rings. The fraction of sp³-hybridized carbons (Fsp3) is 1.00. The molecule has 0 aromatic rings. The third kappa shape index (κ3) is 1.78. The van der Waals surface area contributed by atoms with Crippen molar-refractivity contribution >= 4 is 7.60 Å². The molecular weight excluding hydrogens is 139 g/mol. The molecule has 4 heteroatoms. The Morgan fingerprint density at radius 2 is 1.67 bits per heavy atom. The second-order valence-corrected chi connectivity index (χ2v) is 4.44. The Bertz CT molecular complexity index is 133. The van der Waals surface area contributed by atoms with Gasteiger partial charge in [-0.2, -0.15) is 0 Å². The van der Waals surface area contributed by atoms with Crippen LogP contribution in [0.4, 0.5) is 0 Å². The Morgan fingerprint density at radius 3 is 1.89 bits per heavy atom. The van der Waals surface area contributed by atoms with Gasteiger partial charge in [0.1, 0.15) is 0 Å². The van der Waals surface area contributed by atoms with Crippen LogP contribution in [-0.4, -0.2) is 15.4 Å². The molecule has 0 radical (unpaired) electrons. The van der Waals surface area contributed by atoms with Crippen LogP contribution in [-0.2, 0) is 4.57 Å². The highest BCUT2D eigenvalue weighted by molar-refractivity contribution is 7.52. The van der Waals surface area contributed by atoms with Gasteiger partial charge in [-0.15, -0.1) is 0 Å². The molecule has 0 aromatic carbocycles. The summed E-state index contributed by atoms with van der Waals surface area (Å²) in [6.07, 6.45) is 3.39. The molecule has 3 nitrogen and oxygen atoms in total. The zero-order valence-electron chi connectivity index (χ0n) is 5.16. The van der Waals surface area contributed by atoms with Gasteiger partial charge in [0.25, 0.3) is 0 Å². The molecule has 0 heterocycles. The van der Waals surface area contributed by atoms with Gasteiger partial charge in [-0.25, -0.2) is 0 Å². The maximum absolute atomic E-state index is 10.5. The van der Waals surface area contributed by atoms with Crippen molar-refractivity contribution in [3.63, 3.8) is 0 Å². The lowest BCUT2D eigenvalue weighted by atomic mass is 10.4. The van der Waals surface area contributed by atoms with E-state index in [1.54, 1.807) is 0 Å². The molecule has 1 saturated carbocycles. The number of rotatable bonds is 1. The van der Waals surface area contributed by atoms with E-state index in [0.29, 0.717) is 12.8 Å². The first-order chi connectivity index (χ1) is 4.11. The zero-order chi connectivity index (χ0) is 6.91. The topological polar surface area (TPSA) is 57.5 Å². The predicted molar refractivity (Wildman–Crippen MR) is 34.3 cm³/mol. The SMILES string of the molecule is O=P(O)(O)C1CCCC1. The third-order valence-electron chi connectivity index (χ3n) is 1.80. The summed E-state index contributed by atoms with van der Waals surface area (Å²) in [5, 5.41) is 0. The molecular formula is C5H11O3P. The second kappa shape index (κ2) is 2.41. The Balaban J connectivity index is 2.52. The molecule has 0 amide bonds. The standard InChI is InChI=1S/C5H11O3P/c6-9(7,8)5-3-1-2-4-5/h5H,1-4H2,(H2,6,7,8). The maximum Gasteiger partial charge on any atom is 0.328 e. The first kappa shape index (κ1) is 7.26. The number of hydrogen-bond donors (Lipinski definition) is 2. The highest BCUT2D eigenvalue weighted by Crippen LogP contribution is 2.48. The van der Waals surface area contributed by atoms with Crippen molar-refractivity contribution in [3.8, 4) is 0 Å². The Hall–Kier alpha value is 0.150. The minimum absolute atomic E-state index is 0.322. The van der Waals surface area contributed by atoms with Gasteiger partial charge in [-0.1, -0.05) is 12.8 Å². The van der Waals surface area contributed by atoms with Gasteiger partial charge in [0.05, 0.1) is 5.66 Å². The molecule has 54 valence electrons. The van der Waals surface area contributed by atoms with Crippen molar-refractivity contribution < 1.29 is 14.4 Å². The molecule has 2 N–H and O–H groups in total. The second-order valence-electron chi connectivity index (χ2n) is 2.53. The van der Waals surface area contributed by atoms with Crippen LogP contribution in [0, 0.1) is 0 Å². The Morgan fingerprint density at radius 1 is 1.22 bits per heavy atom. The summed E-state index contributed by atoms with van der Waals surface area (Å²) in [5.74, 6) is 0. The normalized spacial score (nSPS) is 22.9. The highest BCUT2D eigenvalue weighted by Gasteiger charge is 2.30. The fourth-order valence-corrected chi connectivity index (χ4v) is 2.28. The molecule has 1 fully saturated rings. The van der Waals surface area contributed by atoms with Gasteiger partial charge in [0.2, 0.25) is 0 Å². The summed E-state index contributed by atoms with van der Waals surface area (Å²) in [4.78, 5) is 17.3. The molecule has 9 heavy (non-hydrogen) atoms. The van der Waals surface area contributed by atoms with E-state index in [1.807, 2.05) is 0 Å². The van der Waals surface area contributed by atoms with Gasteiger partial charge in [-0.3, -0.25) is 4.57 Å². The van der Waals surface area contributed by atoms with Gasteiger partial charge >= 0.3 is 7.60 Å². The minimum Gasteiger partial charge on any atom is -0.324 e. The van der Waals surface area contributed by atoms with E-state index >= 15 is 0 Å². The van der Waals surface area contributed by atoms with Crippen molar-refractivity contribution in [2.24, 2.45) is 0 Å². The summed E-state index contributed by atoms with van der Waals surface area (Å²) >= 11 is 0. The largest absolute Gasteiger partial charge is 0.328 e. The van der Waals surface area contributed by atoms with Gasteiger partial charge < -0.3 is 9.79 Å². The van der Waals surface area contributed by atoms with Crippen LogP contribution in [0.3, 0.4) is 0 Å². The quantitative estimate of drug-likeness (QED) is 0.550. The van der Waals surface area contributed by atoms with Crippen LogP contribution in [0.25, 0.3) is 0 Å². The molecule has 0 spiro atoms. The van der Waals surface area contributed by atoms with Gasteiger partial charge in [0.15, 0.2) is 0 Å². The molecule has 0 aliphatic heterocycles. The van der Waals surface area contributed by atoms with Crippen LogP contribution >= 0.6 is 7.60 Å². The summed E-state index contributed by atoms with van der Waals surface area (Å²) in [5.41, 5.74) is -0.322. The van der Waals surface area contributed by atoms with E-state index in [0.717, 1.165) is 12.8 Å². The molecule has 0 bridgehead atoms. The monoisotopic (exact) mass is 150 g/mol. The molecule has 0 atom stereocenters. The van der Waals surface area contributed by atoms with E-state index in [2.05, 4.69) is 0 Å². The Labute approximate surface area is 54.2 Å². The van der Waals surface area contributed by atoms with Crippen LogP contribution < -0.4 is 0 Å². The smallest absolute Gasteiger partial charge is 0.324 e. The van der Waals surface area contributed by atoms with Crippen molar-refractivity contribution in [1.82, 2.24) is 0 Å². The average Bonchev–Trinajstić information content (AvgIpc) is 2.08. The van der Waals surface area contributed by atoms with Gasteiger partial charge in [-0.05, 0) is 12.8 Å². The minimum atomic E-state index is -3.71. The van der Waals surface area contributed by atoms with Crippen molar-refractivity contribution in [2.45, 2.75) is 31.3 Å². The van der Waals surface area contributed by atoms with E-state index in [-0.39, 0.29) is 5.66 Å². The predicted octanol–water partition coefficient (Wildman–Crippen LogP) is 1.11. The molecule has 1 rings (SSSR count). The van der Waals surface area contributed by atoms with E-state index in [4.69, 9.17) is 9.79 Å². The van der Waals surface area contributed by atoms with Crippen LogP contribution in [0.1, 0.15) is 25.7 Å². The number of hydrogen-bond acceptors (Lipinski definition) is 1. The molecule has 0 saturated heterocycles. The van der Waals surface area contributed by atoms with Crippen LogP contribution in [0.2, 0.25) is 0 Å². The summed E-state index contributed by atoms with van der Waals surface area (Å²) in [7, 11) is -3.71. The summed E-state index contributed by atoms with van der Waals surface area (Å²) < 4.78 is 10.5. The lowest BCUT2D eigenvalue weighted by molar-refractivity contribution is 0.358. The first-order valence-corrected chi connectivity index (χ1v) is 4.84. The van der Waals surface area contributed by atoms with E-state index in [1.165, 1.54) is 0 Å². The van der Waals surface area contributed by atoms with Crippen molar-refractivity contribution in [3.05, 3.63) is 0 Å². The molecule has 0 aromatic heterocycles. The average molecular weight is 150 g/mol. The first-order valence-electron chi connectivity index (χ1n) is 3.16. The van der Waals surface area contributed by atoms with Crippen molar-refractivity contribution in [2.75, 3.05) is 0 Å². The lowest BCUT2D eigenvalue weighted by Gasteiger charge is -2.09. The van der Waals surface area contributed by atoms with E-state index in [9.17, 15) is 4.57 Å². The van der Waals surface area contributed by atoms with Gasteiger partial charge in [0, 0.05) is 0 Å². The summed E-state index contributed by atoms with van der Waals surface area (Å²) in [6, 6.07) is 0. The fourth-order valence-electron chi connectivity index (χ4n) is 1.24. The maximum atomic E-state index is 10.5. The highest BCUT2D eigenvalue weighted by atomic mass is 31.2. The van der Waals surface area contributed by atoms with E-state index < -0.39 is 7.60 Å².